The van der Waals surface area contributed by atoms with Gasteiger partial charge in [-0.2, -0.15) is 0 Å². The molecule has 0 aliphatic heterocycles. The van der Waals surface area contributed by atoms with Crippen LogP contribution in [-0.2, 0) is 4.74 Å². The highest BCUT2D eigenvalue weighted by Crippen LogP contribution is 2.30. The van der Waals surface area contributed by atoms with Crippen LogP contribution in [0.4, 0.5) is 5.69 Å². The first kappa shape index (κ1) is 14.4. The Bertz CT molecular complexity index is 391. The van der Waals surface area contributed by atoms with Crippen LogP contribution in [0.1, 0.15) is 38.7 Å². The van der Waals surface area contributed by atoms with Gasteiger partial charge in [-0.3, -0.25) is 0 Å². The van der Waals surface area contributed by atoms with Crippen molar-refractivity contribution in [3.8, 4) is 0 Å². The highest BCUT2D eigenvalue weighted by molar-refractivity contribution is 5.50. The van der Waals surface area contributed by atoms with E-state index in [0.717, 1.165) is 25.0 Å². The van der Waals surface area contributed by atoms with Gasteiger partial charge in [-0.05, 0) is 49.7 Å². The van der Waals surface area contributed by atoms with Crippen molar-refractivity contribution in [1.82, 2.24) is 0 Å². The van der Waals surface area contributed by atoms with Gasteiger partial charge in [0.25, 0.3) is 0 Å². The largest absolute Gasteiger partial charge is 0.383 e. The predicted octanol–water partition coefficient (Wildman–Crippen LogP) is 4.25. The number of ether oxygens (including phenoxy) is 1. The second kappa shape index (κ2) is 6.95. The molecule has 1 saturated carbocycles. The minimum absolute atomic E-state index is 0.477. The highest BCUT2D eigenvalue weighted by Gasteiger charge is 2.24. The molecule has 1 fully saturated rings. The number of hydrogen-bond donors (Lipinski definition) is 1. The van der Waals surface area contributed by atoms with Gasteiger partial charge < -0.3 is 10.1 Å². The maximum Gasteiger partial charge on any atom is 0.0642 e. The van der Waals surface area contributed by atoms with Crippen molar-refractivity contribution in [2.45, 2.75) is 46.1 Å². The second-order valence-electron chi connectivity index (χ2n) is 6.00. The summed E-state index contributed by atoms with van der Waals surface area (Å²) in [7, 11) is 0. The maximum atomic E-state index is 6.00. The Morgan fingerprint density at radius 3 is 2.68 bits per heavy atom. The quantitative estimate of drug-likeness (QED) is 0.800. The van der Waals surface area contributed by atoms with Gasteiger partial charge in [0, 0.05) is 12.2 Å². The lowest BCUT2D eigenvalue weighted by molar-refractivity contribution is 0.00778. The van der Waals surface area contributed by atoms with E-state index in [4.69, 9.17) is 4.74 Å². The first-order chi connectivity index (χ1) is 9.16. The Balaban J connectivity index is 1.66. The minimum Gasteiger partial charge on any atom is -0.383 e. The first-order valence-corrected chi connectivity index (χ1v) is 7.58. The van der Waals surface area contributed by atoms with Gasteiger partial charge in [-0.15, -0.1) is 0 Å². The van der Waals surface area contributed by atoms with Crippen molar-refractivity contribution in [3.05, 3.63) is 29.8 Å². The molecule has 106 valence electrons. The molecule has 0 heterocycles. The zero-order valence-electron chi connectivity index (χ0n) is 12.5. The van der Waals surface area contributed by atoms with Crippen LogP contribution in [0.15, 0.2) is 24.3 Å². The third-order valence-corrected chi connectivity index (χ3v) is 4.47. The third kappa shape index (κ3) is 4.24. The van der Waals surface area contributed by atoms with E-state index in [1.54, 1.807) is 0 Å². The molecule has 0 amide bonds. The summed E-state index contributed by atoms with van der Waals surface area (Å²) in [6, 6.07) is 8.40. The van der Waals surface area contributed by atoms with Gasteiger partial charge in [-0.25, -0.2) is 0 Å². The molecule has 1 aliphatic rings. The summed E-state index contributed by atoms with van der Waals surface area (Å²) in [5.74, 6) is 1.67. The van der Waals surface area contributed by atoms with E-state index in [9.17, 15) is 0 Å². The first-order valence-electron chi connectivity index (χ1n) is 7.58. The number of anilines is 1. The van der Waals surface area contributed by atoms with Gasteiger partial charge in [0.2, 0.25) is 0 Å². The van der Waals surface area contributed by atoms with E-state index in [-0.39, 0.29) is 0 Å². The number of hydrogen-bond acceptors (Lipinski definition) is 2. The van der Waals surface area contributed by atoms with Gasteiger partial charge in [0.05, 0.1) is 12.7 Å². The molecule has 2 heteroatoms. The summed E-state index contributed by atoms with van der Waals surface area (Å²) < 4.78 is 6.00. The molecular formula is C17H27NO. The normalized spacial score (nSPS) is 27.2. The lowest BCUT2D eigenvalue weighted by Crippen LogP contribution is -2.28. The Morgan fingerprint density at radius 1 is 1.16 bits per heavy atom. The molecule has 3 unspecified atom stereocenters. The summed E-state index contributed by atoms with van der Waals surface area (Å²) in [6.07, 6.45) is 4.25. The van der Waals surface area contributed by atoms with E-state index < -0.39 is 0 Å². The fraction of sp³-hybridized carbons (Fsp3) is 0.647. The summed E-state index contributed by atoms with van der Waals surface area (Å²) in [6.45, 7) is 8.55. The van der Waals surface area contributed by atoms with E-state index in [1.165, 1.54) is 30.5 Å². The number of nitrogens with one attached hydrogen (secondary N) is 1. The fourth-order valence-electron chi connectivity index (χ4n) is 2.83. The topological polar surface area (TPSA) is 21.3 Å². The Kier molecular flexibility index (Phi) is 5.26. The average molecular weight is 261 g/mol. The third-order valence-electron chi connectivity index (χ3n) is 4.47. The Hall–Kier alpha value is -1.02. The Labute approximate surface area is 117 Å². The summed E-state index contributed by atoms with van der Waals surface area (Å²) in [5.41, 5.74) is 2.51. The Morgan fingerprint density at radius 2 is 1.95 bits per heavy atom. The van der Waals surface area contributed by atoms with Crippen molar-refractivity contribution in [2.24, 2.45) is 11.8 Å². The van der Waals surface area contributed by atoms with Crippen LogP contribution < -0.4 is 5.32 Å². The second-order valence-corrected chi connectivity index (χ2v) is 6.00. The molecular weight excluding hydrogens is 234 g/mol. The lowest BCUT2D eigenvalue weighted by Gasteiger charge is -2.32. The SMILES string of the molecule is Cc1ccccc1NCCOC1CCC(C)C(C)C1. The van der Waals surface area contributed by atoms with Crippen LogP contribution in [-0.4, -0.2) is 19.3 Å². The van der Waals surface area contributed by atoms with Crippen LogP contribution in [0.2, 0.25) is 0 Å². The molecule has 0 radical (unpaired) electrons. The number of benzene rings is 1. The van der Waals surface area contributed by atoms with Crippen LogP contribution in [0, 0.1) is 18.8 Å². The number of rotatable bonds is 5. The molecule has 0 bridgehead atoms. The predicted molar refractivity (Wildman–Crippen MR) is 81.6 cm³/mol. The van der Waals surface area contributed by atoms with E-state index in [2.05, 4.69) is 50.4 Å². The fourth-order valence-corrected chi connectivity index (χ4v) is 2.83. The molecule has 1 N–H and O–H groups in total. The molecule has 0 saturated heterocycles. The smallest absolute Gasteiger partial charge is 0.0642 e. The molecule has 3 atom stereocenters. The lowest BCUT2D eigenvalue weighted by atomic mass is 9.80. The van der Waals surface area contributed by atoms with Crippen molar-refractivity contribution < 1.29 is 4.74 Å². The molecule has 1 aromatic carbocycles. The van der Waals surface area contributed by atoms with E-state index in [1.807, 2.05) is 0 Å². The van der Waals surface area contributed by atoms with Crippen molar-refractivity contribution >= 4 is 5.69 Å². The van der Waals surface area contributed by atoms with E-state index in [0.29, 0.717) is 6.10 Å². The molecule has 0 aromatic heterocycles. The molecule has 19 heavy (non-hydrogen) atoms. The number of para-hydroxylation sites is 1. The molecule has 1 aromatic rings. The standard InChI is InChI=1S/C17H27NO/c1-13-8-9-16(12-15(13)3)19-11-10-18-17-7-5-4-6-14(17)2/h4-7,13,15-16,18H,8-12H2,1-3H3. The van der Waals surface area contributed by atoms with E-state index >= 15 is 0 Å². The molecule has 1 aliphatic carbocycles. The van der Waals surface area contributed by atoms with Crippen molar-refractivity contribution in [2.75, 3.05) is 18.5 Å². The van der Waals surface area contributed by atoms with Crippen LogP contribution in [0.25, 0.3) is 0 Å². The molecule has 0 spiro atoms. The van der Waals surface area contributed by atoms with Crippen LogP contribution >= 0.6 is 0 Å². The summed E-state index contributed by atoms with van der Waals surface area (Å²) in [4.78, 5) is 0. The highest BCUT2D eigenvalue weighted by atomic mass is 16.5. The van der Waals surface area contributed by atoms with Crippen LogP contribution in [0.3, 0.4) is 0 Å². The molecule has 2 rings (SSSR count). The zero-order chi connectivity index (χ0) is 13.7. The maximum absolute atomic E-state index is 6.00. The van der Waals surface area contributed by atoms with Gasteiger partial charge >= 0.3 is 0 Å². The summed E-state index contributed by atoms with van der Waals surface area (Å²) >= 11 is 0. The van der Waals surface area contributed by atoms with Gasteiger partial charge in [-0.1, -0.05) is 32.0 Å². The monoisotopic (exact) mass is 261 g/mol. The van der Waals surface area contributed by atoms with Crippen molar-refractivity contribution in [3.63, 3.8) is 0 Å². The average Bonchev–Trinajstić information content (AvgIpc) is 2.40. The zero-order valence-corrected chi connectivity index (χ0v) is 12.5. The summed E-state index contributed by atoms with van der Waals surface area (Å²) in [5, 5.41) is 3.45. The van der Waals surface area contributed by atoms with Gasteiger partial charge in [0.15, 0.2) is 0 Å². The molecule has 2 nitrogen and oxygen atoms in total. The van der Waals surface area contributed by atoms with Gasteiger partial charge in [0.1, 0.15) is 0 Å². The van der Waals surface area contributed by atoms with Crippen molar-refractivity contribution in [1.29, 1.82) is 0 Å². The number of aryl methyl sites for hydroxylation is 1. The van der Waals surface area contributed by atoms with Crippen LogP contribution in [0.5, 0.6) is 0 Å². The minimum atomic E-state index is 0.477.